The van der Waals surface area contributed by atoms with Crippen molar-refractivity contribution in [3.63, 3.8) is 0 Å². The Balaban J connectivity index is 1.15. The largest absolute Gasteiger partial charge is 0.497 e. The molecule has 3 heterocycles. The van der Waals surface area contributed by atoms with E-state index in [4.69, 9.17) is 9.47 Å². The fourth-order valence-electron chi connectivity index (χ4n) is 4.51. The molecule has 0 radical (unpaired) electrons. The Morgan fingerprint density at radius 2 is 1.87 bits per heavy atom. The van der Waals surface area contributed by atoms with Crippen LogP contribution in [0.25, 0.3) is 0 Å². The minimum atomic E-state index is 0.800. The van der Waals surface area contributed by atoms with E-state index in [1.807, 2.05) is 11.3 Å². The van der Waals surface area contributed by atoms with Crippen molar-refractivity contribution in [2.75, 3.05) is 71.5 Å². The van der Waals surface area contributed by atoms with Gasteiger partial charge in [-0.1, -0.05) is 12.1 Å². The predicted molar refractivity (Wildman–Crippen MR) is 127 cm³/mol. The molecule has 2 aliphatic rings. The van der Waals surface area contributed by atoms with Crippen molar-refractivity contribution in [1.82, 2.24) is 14.8 Å². The highest BCUT2D eigenvalue weighted by atomic mass is 32.1. The number of likely N-dealkylation sites (tertiary alicyclic amines) is 1. The SMILES string of the molecule is COc1ccc(CCN2CCC(CN(C)Cc3cnc(N4CCOCC4)s3)CC2)cc1. The Morgan fingerprint density at radius 3 is 2.58 bits per heavy atom. The fraction of sp³-hybridized carbons (Fsp3) is 0.625. The van der Waals surface area contributed by atoms with Gasteiger partial charge in [0.25, 0.3) is 0 Å². The van der Waals surface area contributed by atoms with Crippen molar-refractivity contribution >= 4 is 16.5 Å². The van der Waals surface area contributed by atoms with E-state index < -0.39 is 0 Å². The number of anilines is 1. The van der Waals surface area contributed by atoms with Crippen LogP contribution in [-0.4, -0.2) is 81.4 Å². The van der Waals surface area contributed by atoms with Crippen molar-refractivity contribution in [2.24, 2.45) is 5.92 Å². The molecule has 1 aromatic carbocycles. The zero-order valence-electron chi connectivity index (χ0n) is 19.0. The molecular formula is C24H36N4O2S. The summed E-state index contributed by atoms with van der Waals surface area (Å²) in [6.07, 6.45) is 5.78. The highest BCUT2D eigenvalue weighted by Crippen LogP contribution is 2.25. The number of rotatable bonds is 9. The van der Waals surface area contributed by atoms with Gasteiger partial charge in [0.05, 0.1) is 20.3 Å². The van der Waals surface area contributed by atoms with E-state index in [1.165, 1.54) is 42.9 Å². The van der Waals surface area contributed by atoms with Crippen molar-refractivity contribution in [1.29, 1.82) is 0 Å². The average Bonchev–Trinajstić information content (AvgIpc) is 3.28. The van der Waals surface area contributed by atoms with Gasteiger partial charge in [-0.05, 0) is 63.0 Å². The summed E-state index contributed by atoms with van der Waals surface area (Å²) < 4.78 is 10.7. The third-order valence-electron chi connectivity index (χ3n) is 6.40. The van der Waals surface area contributed by atoms with Crippen molar-refractivity contribution < 1.29 is 9.47 Å². The van der Waals surface area contributed by atoms with Crippen molar-refractivity contribution in [2.45, 2.75) is 25.8 Å². The Morgan fingerprint density at radius 1 is 1.13 bits per heavy atom. The lowest BCUT2D eigenvalue weighted by Crippen LogP contribution is -2.38. The van der Waals surface area contributed by atoms with Crippen LogP contribution in [0.4, 0.5) is 5.13 Å². The van der Waals surface area contributed by atoms with Crippen molar-refractivity contribution in [3.8, 4) is 5.75 Å². The first-order valence-corrected chi connectivity index (χ1v) is 12.3. The first-order valence-electron chi connectivity index (χ1n) is 11.5. The van der Waals surface area contributed by atoms with E-state index in [1.54, 1.807) is 7.11 Å². The van der Waals surface area contributed by atoms with E-state index >= 15 is 0 Å². The molecule has 2 fully saturated rings. The van der Waals surface area contributed by atoms with E-state index in [0.29, 0.717) is 0 Å². The maximum atomic E-state index is 5.45. The van der Waals surface area contributed by atoms with Crippen LogP contribution >= 0.6 is 11.3 Å². The Bertz CT molecular complexity index is 783. The molecule has 7 heteroatoms. The highest BCUT2D eigenvalue weighted by Gasteiger charge is 2.21. The minimum absolute atomic E-state index is 0.800. The lowest BCUT2D eigenvalue weighted by Gasteiger charge is -2.33. The molecule has 6 nitrogen and oxygen atoms in total. The summed E-state index contributed by atoms with van der Waals surface area (Å²) in [4.78, 5) is 13.5. The number of hydrogen-bond acceptors (Lipinski definition) is 7. The molecule has 0 bridgehead atoms. The minimum Gasteiger partial charge on any atom is -0.497 e. The summed E-state index contributed by atoms with van der Waals surface area (Å²) in [5, 5.41) is 1.15. The van der Waals surface area contributed by atoms with E-state index in [2.05, 4.69) is 57.2 Å². The second kappa shape index (κ2) is 11.3. The number of morpholine rings is 1. The van der Waals surface area contributed by atoms with E-state index in [0.717, 1.165) is 62.6 Å². The summed E-state index contributed by atoms with van der Waals surface area (Å²) in [5.41, 5.74) is 1.39. The smallest absolute Gasteiger partial charge is 0.185 e. The molecule has 0 unspecified atom stereocenters. The number of thiazole rings is 1. The van der Waals surface area contributed by atoms with Crippen LogP contribution in [0.2, 0.25) is 0 Å². The molecule has 170 valence electrons. The number of ether oxygens (including phenoxy) is 2. The molecule has 0 spiro atoms. The summed E-state index contributed by atoms with van der Waals surface area (Å²) in [6, 6.07) is 8.49. The van der Waals surface area contributed by atoms with Crippen LogP contribution in [0, 0.1) is 5.92 Å². The third-order valence-corrected chi connectivity index (χ3v) is 7.44. The summed E-state index contributed by atoms with van der Waals surface area (Å²) in [7, 11) is 3.97. The average molecular weight is 445 g/mol. The van der Waals surface area contributed by atoms with Gasteiger partial charge in [0.1, 0.15) is 5.75 Å². The van der Waals surface area contributed by atoms with Crippen LogP contribution in [-0.2, 0) is 17.7 Å². The van der Waals surface area contributed by atoms with E-state index in [9.17, 15) is 0 Å². The van der Waals surface area contributed by atoms with Gasteiger partial charge >= 0.3 is 0 Å². The Kier molecular flexibility index (Phi) is 8.19. The third kappa shape index (κ3) is 6.65. The molecule has 0 amide bonds. The predicted octanol–water partition coefficient (Wildman–Crippen LogP) is 3.37. The molecule has 2 saturated heterocycles. The number of methoxy groups -OCH3 is 1. The van der Waals surface area contributed by atoms with Gasteiger partial charge in [0.2, 0.25) is 0 Å². The van der Waals surface area contributed by atoms with Crippen LogP contribution < -0.4 is 9.64 Å². The molecule has 0 saturated carbocycles. The quantitative estimate of drug-likeness (QED) is 0.591. The number of aromatic nitrogens is 1. The molecule has 0 atom stereocenters. The Labute approximate surface area is 190 Å². The molecular weight excluding hydrogens is 408 g/mol. The zero-order chi connectivity index (χ0) is 21.5. The van der Waals surface area contributed by atoms with Crippen LogP contribution in [0.15, 0.2) is 30.5 Å². The molecule has 1 aromatic heterocycles. The van der Waals surface area contributed by atoms with Gasteiger partial charge in [-0.3, -0.25) is 0 Å². The standard InChI is InChI=1S/C24H36N4O2S/c1-26(19-23-17-25-24(31-23)28-13-15-30-16-14-28)18-21-8-11-27(12-9-21)10-7-20-3-5-22(29-2)6-4-20/h3-6,17,21H,7-16,18-19H2,1-2H3. The van der Waals surface area contributed by atoms with Crippen molar-refractivity contribution in [3.05, 3.63) is 40.9 Å². The van der Waals surface area contributed by atoms with Crippen LogP contribution in [0.1, 0.15) is 23.3 Å². The number of hydrogen-bond donors (Lipinski definition) is 0. The fourth-order valence-corrected chi connectivity index (χ4v) is 5.56. The molecule has 31 heavy (non-hydrogen) atoms. The topological polar surface area (TPSA) is 41.1 Å². The van der Waals surface area contributed by atoms with Gasteiger partial charge < -0.3 is 24.2 Å². The second-order valence-corrected chi connectivity index (χ2v) is 9.88. The second-order valence-electron chi connectivity index (χ2n) is 8.79. The van der Waals surface area contributed by atoms with Gasteiger partial charge in [-0.15, -0.1) is 11.3 Å². The van der Waals surface area contributed by atoms with Gasteiger partial charge in [0, 0.05) is 43.8 Å². The lowest BCUT2D eigenvalue weighted by atomic mass is 9.96. The van der Waals surface area contributed by atoms with Gasteiger partial charge in [-0.25, -0.2) is 4.98 Å². The molecule has 2 aliphatic heterocycles. The van der Waals surface area contributed by atoms with E-state index in [-0.39, 0.29) is 0 Å². The summed E-state index contributed by atoms with van der Waals surface area (Å²) in [6.45, 7) is 9.31. The Hall–Kier alpha value is -1.67. The molecule has 4 rings (SSSR count). The molecule has 0 aliphatic carbocycles. The number of benzene rings is 1. The first kappa shape index (κ1) is 22.5. The zero-order valence-corrected chi connectivity index (χ0v) is 19.8. The molecule has 0 N–H and O–H groups in total. The highest BCUT2D eigenvalue weighted by molar-refractivity contribution is 7.15. The van der Waals surface area contributed by atoms with Gasteiger partial charge in [-0.2, -0.15) is 0 Å². The summed E-state index contributed by atoms with van der Waals surface area (Å²) in [5.74, 6) is 1.73. The number of nitrogens with zero attached hydrogens (tertiary/aromatic N) is 4. The monoisotopic (exact) mass is 444 g/mol. The van der Waals surface area contributed by atoms with Crippen LogP contribution in [0.5, 0.6) is 5.75 Å². The molecule has 2 aromatic rings. The number of piperidine rings is 1. The van der Waals surface area contributed by atoms with Gasteiger partial charge in [0.15, 0.2) is 5.13 Å². The lowest BCUT2D eigenvalue weighted by molar-refractivity contribution is 0.122. The summed E-state index contributed by atoms with van der Waals surface area (Å²) >= 11 is 1.84. The maximum Gasteiger partial charge on any atom is 0.185 e. The maximum absolute atomic E-state index is 5.45. The normalized spacial score (nSPS) is 18.6. The van der Waals surface area contributed by atoms with Crippen LogP contribution in [0.3, 0.4) is 0 Å². The first-order chi connectivity index (χ1) is 15.2.